The molecule has 2 fully saturated rings. The Labute approximate surface area is 97.0 Å². The van der Waals surface area contributed by atoms with Crippen molar-refractivity contribution < 1.29 is 9.59 Å². The summed E-state index contributed by atoms with van der Waals surface area (Å²) in [6, 6.07) is -0.170. The van der Waals surface area contributed by atoms with Gasteiger partial charge >= 0.3 is 0 Å². The second-order valence-corrected chi connectivity index (χ2v) is 5.19. The molecule has 0 saturated heterocycles. The van der Waals surface area contributed by atoms with E-state index in [1.807, 2.05) is 0 Å². The third kappa shape index (κ3) is 3.06. The number of ketones is 1. The number of nitrogens with one attached hydrogen (secondary N) is 1. The average Bonchev–Trinajstić information content (AvgIpc) is 2.66. The van der Waals surface area contributed by atoms with Gasteiger partial charge in [-0.15, -0.1) is 0 Å². The first-order chi connectivity index (χ1) is 7.75. The number of rotatable bonds is 3. The maximum Gasteiger partial charge on any atom is 0.220 e. The topological polar surface area (TPSA) is 46.2 Å². The zero-order valence-electron chi connectivity index (χ0n) is 9.84. The summed E-state index contributed by atoms with van der Waals surface area (Å²) in [5, 5.41) is 2.89. The Morgan fingerprint density at radius 2 is 1.88 bits per heavy atom. The summed E-state index contributed by atoms with van der Waals surface area (Å²) in [7, 11) is 0. The van der Waals surface area contributed by atoms with E-state index in [0.29, 0.717) is 18.8 Å². The summed E-state index contributed by atoms with van der Waals surface area (Å²) < 4.78 is 0. The van der Waals surface area contributed by atoms with Gasteiger partial charge in [0, 0.05) is 12.8 Å². The van der Waals surface area contributed by atoms with Crippen LogP contribution in [-0.4, -0.2) is 17.7 Å². The molecule has 0 radical (unpaired) electrons. The van der Waals surface area contributed by atoms with Crippen molar-refractivity contribution in [3.8, 4) is 0 Å². The molecule has 0 spiro atoms. The van der Waals surface area contributed by atoms with E-state index in [4.69, 9.17) is 0 Å². The molecule has 0 aromatic carbocycles. The Morgan fingerprint density at radius 1 is 1.12 bits per heavy atom. The maximum absolute atomic E-state index is 11.7. The van der Waals surface area contributed by atoms with E-state index in [0.717, 1.165) is 12.8 Å². The first kappa shape index (κ1) is 11.6. The van der Waals surface area contributed by atoms with Crippen LogP contribution in [0, 0.1) is 5.92 Å². The summed E-state index contributed by atoms with van der Waals surface area (Å²) in [5.74, 6) is 0.870. The lowest BCUT2D eigenvalue weighted by Crippen LogP contribution is -2.38. The predicted molar refractivity (Wildman–Crippen MR) is 62.0 cm³/mol. The van der Waals surface area contributed by atoms with Crippen LogP contribution < -0.4 is 5.32 Å². The molecule has 1 atom stereocenters. The van der Waals surface area contributed by atoms with Crippen molar-refractivity contribution >= 4 is 11.7 Å². The van der Waals surface area contributed by atoms with Crippen molar-refractivity contribution in [1.82, 2.24) is 5.32 Å². The number of carbonyl (C=O) groups excluding carboxylic acids is 2. The highest BCUT2D eigenvalue weighted by atomic mass is 16.2. The van der Waals surface area contributed by atoms with E-state index >= 15 is 0 Å². The standard InChI is InChI=1S/C13H21NO2/c15-12-8-4-7-11(12)14-13(16)9-10-5-2-1-3-6-10/h10-11H,1-9H2,(H,14,16)/t11-/m1/s1. The molecule has 16 heavy (non-hydrogen) atoms. The zero-order valence-corrected chi connectivity index (χ0v) is 9.84. The first-order valence-corrected chi connectivity index (χ1v) is 6.58. The van der Waals surface area contributed by atoms with Gasteiger partial charge in [-0.05, 0) is 31.6 Å². The maximum atomic E-state index is 11.7. The monoisotopic (exact) mass is 223 g/mol. The molecule has 2 aliphatic carbocycles. The normalized spacial score (nSPS) is 27.0. The molecule has 1 N–H and O–H groups in total. The molecule has 2 aliphatic rings. The smallest absolute Gasteiger partial charge is 0.220 e. The van der Waals surface area contributed by atoms with Crippen LogP contribution >= 0.6 is 0 Å². The molecule has 3 heteroatoms. The van der Waals surface area contributed by atoms with Crippen LogP contribution in [0.25, 0.3) is 0 Å². The molecule has 1 amide bonds. The summed E-state index contributed by atoms with van der Waals surface area (Å²) in [5.41, 5.74) is 0. The van der Waals surface area contributed by atoms with Gasteiger partial charge in [0.15, 0.2) is 5.78 Å². The highest BCUT2D eigenvalue weighted by molar-refractivity contribution is 5.90. The van der Waals surface area contributed by atoms with Crippen LogP contribution in [0.2, 0.25) is 0 Å². The van der Waals surface area contributed by atoms with E-state index in [2.05, 4.69) is 5.32 Å². The van der Waals surface area contributed by atoms with Gasteiger partial charge in [0.1, 0.15) is 0 Å². The fourth-order valence-corrected chi connectivity index (χ4v) is 2.88. The fourth-order valence-electron chi connectivity index (χ4n) is 2.88. The largest absolute Gasteiger partial charge is 0.346 e. The minimum Gasteiger partial charge on any atom is -0.346 e. The van der Waals surface area contributed by atoms with E-state index in [9.17, 15) is 9.59 Å². The van der Waals surface area contributed by atoms with Crippen molar-refractivity contribution in [2.24, 2.45) is 5.92 Å². The molecule has 90 valence electrons. The van der Waals surface area contributed by atoms with Gasteiger partial charge in [0.25, 0.3) is 0 Å². The van der Waals surface area contributed by atoms with Crippen molar-refractivity contribution in [3.63, 3.8) is 0 Å². The highest BCUT2D eigenvalue weighted by Crippen LogP contribution is 2.26. The third-order valence-electron chi connectivity index (χ3n) is 3.84. The van der Waals surface area contributed by atoms with Crippen LogP contribution in [0.3, 0.4) is 0 Å². The first-order valence-electron chi connectivity index (χ1n) is 6.58. The number of hydrogen-bond acceptors (Lipinski definition) is 2. The molecule has 3 nitrogen and oxygen atoms in total. The van der Waals surface area contributed by atoms with Gasteiger partial charge in [-0.2, -0.15) is 0 Å². The molecule has 0 aromatic rings. The molecule has 2 rings (SSSR count). The molecular weight excluding hydrogens is 202 g/mol. The number of amides is 1. The highest BCUT2D eigenvalue weighted by Gasteiger charge is 2.26. The second-order valence-electron chi connectivity index (χ2n) is 5.19. The summed E-state index contributed by atoms with van der Waals surface area (Å²) in [6.45, 7) is 0. The van der Waals surface area contributed by atoms with Gasteiger partial charge in [-0.1, -0.05) is 19.3 Å². The molecule has 0 unspecified atom stereocenters. The van der Waals surface area contributed by atoms with Gasteiger partial charge in [-0.25, -0.2) is 0 Å². The number of carbonyl (C=O) groups is 2. The Bertz CT molecular complexity index is 269. The molecule has 0 heterocycles. The second kappa shape index (κ2) is 5.46. The third-order valence-corrected chi connectivity index (χ3v) is 3.84. The zero-order chi connectivity index (χ0) is 11.4. The van der Waals surface area contributed by atoms with E-state index in [1.165, 1.54) is 32.1 Å². The number of hydrogen-bond donors (Lipinski definition) is 1. The van der Waals surface area contributed by atoms with E-state index < -0.39 is 0 Å². The summed E-state index contributed by atoms with van der Waals surface area (Å²) in [4.78, 5) is 23.1. The SMILES string of the molecule is O=C(CC1CCCCC1)N[C@@H]1CCCC1=O. The summed E-state index contributed by atoms with van der Waals surface area (Å²) >= 11 is 0. The Balaban J connectivity index is 1.72. The minimum absolute atomic E-state index is 0.0900. The number of Topliss-reactive ketones (excluding diaryl/α,β-unsaturated/α-hetero) is 1. The Hall–Kier alpha value is -0.860. The molecule has 0 bridgehead atoms. The average molecular weight is 223 g/mol. The van der Waals surface area contributed by atoms with Crippen LogP contribution in [-0.2, 0) is 9.59 Å². The van der Waals surface area contributed by atoms with E-state index in [-0.39, 0.29) is 17.7 Å². The van der Waals surface area contributed by atoms with Crippen LogP contribution in [0.1, 0.15) is 57.8 Å². The van der Waals surface area contributed by atoms with Gasteiger partial charge in [0.05, 0.1) is 6.04 Å². The quantitative estimate of drug-likeness (QED) is 0.797. The van der Waals surface area contributed by atoms with Crippen LogP contribution in [0.4, 0.5) is 0 Å². The van der Waals surface area contributed by atoms with Crippen LogP contribution in [0.5, 0.6) is 0 Å². The van der Waals surface area contributed by atoms with Crippen molar-refractivity contribution in [3.05, 3.63) is 0 Å². The molecule has 0 aliphatic heterocycles. The van der Waals surface area contributed by atoms with Gasteiger partial charge < -0.3 is 5.32 Å². The lowest BCUT2D eigenvalue weighted by Gasteiger charge is -2.21. The predicted octanol–water partition coefficient (Wildman–Crippen LogP) is 2.19. The minimum atomic E-state index is -0.170. The van der Waals surface area contributed by atoms with Crippen molar-refractivity contribution in [2.45, 2.75) is 63.8 Å². The Kier molecular flexibility index (Phi) is 3.97. The summed E-state index contributed by atoms with van der Waals surface area (Å²) in [6.07, 6.45) is 9.28. The Morgan fingerprint density at radius 3 is 2.50 bits per heavy atom. The van der Waals surface area contributed by atoms with Crippen LogP contribution in [0.15, 0.2) is 0 Å². The molecule has 0 aromatic heterocycles. The lowest BCUT2D eigenvalue weighted by atomic mass is 9.87. The van der Waals surface area contributed by atoms with E-state index in [1.54, 1.807) is 0 Å². The van der Waals surface area contributed by atoms with Gasteiger partial charge in [-0.3, -0.25) is 9.59 Å². The molecular formula is C13H21NO2. The fraction of sp³-hybridized carbons (Fsp3) is 0.846. The van der Waals surface area contributed by atoms with Gasteiger partial charge in [0.2, 0.25) is 5.91 Å². The lowest BCUT2D eigenvalue weighted by molar-refractivity contribution is -0.127. The van der Waals surface area contributed by atoms with Crippen molar-refractivity contribution in [1.29, 1.82) is 0 Å². The molecule has 2 saturated carbocycles. The van der Waals surface area contributed by atoms with Crippen molar-refractivity contribution in [2.75, 3.05) is 0 Å².